The first-order valence-electron chi connectivity index (χ1n) is 24.3. The van der Waals surface area contributed by atoms with Crippen LogP contribution in [0.3, 0.4) is 0 Å². The Morgan fingerprint density at radius 2 is 0.913 bits per heavy atom. The molecule has 0 bridgehead atoms. The summed E-state index contributed by atoms with van der Waals surface area (Å²) in [6, 6.07) is 9.01. The maximum atomic E-state index is 14.0. The number of Topliss-reactive ketones (excluding diaryl/α,β-unsaturated/α-hetero) is 2. The van der Waals surface area contributed by atoms with Crippen LogP contribution in [0.4, 0.5) is 20.2 Å². The van der Waals surface area contributed by atoms with E-state index in [4.69, 9.17) is 9.47 Å². The Bertz CT molecular complexity index is 2290. The molecule has 17 nitrogen and oxygen atoms in total. The quantitative estimate of drug-likeness (QED) is 0.187. The highest BCUT2D eigenvalue weighted by atomic mass is 35.5. The lowest BCUT2D eigenvalue weighted by Crippen LogP contribution is -2.40. The van der Waals surface area contributed by atoms with Crippen molar-refractivity contribution in [1.82, 2.24) is 38.5 Å². The molecule has 4 aromatic rings. The van der Waals surface area contributed by atoms with Gasteiger partial charge in [-0.3, -0.25) is 18.7 Å². The van der Waals surface area contributed by atoms with E-state index in [1.165, 1.54) is 24.3 Å². The number of halogens is 4. The van der Waals surface area contributed by atoms with Gasteiger partial charge in [-0.1, -0.05) is 0 Å². The zero-order valence-electron chi connectivity index (χ0n) is 39.4. The number of hydrogen-bond donors (Lipinski definition) is 0. The number of piperidine rings is 2. The number of benzene rings is 2. The molecule has 0 amide bonds. The highest BCUT2D eigenvalue weighted by molar-refractivity contribution is 6.03. The highest BCUT2D eigenvalue weighted by Crippen LogP contribution is 2.31. The van der Waals surface area contributed by atoms with Gasteiger partial charge in [-0.25, -0.2) is 27.7 Å². The number of ketones is 2. The van der Waals surface area contributed by atoms with E-state index >= 15 is 0 Å². The molecule has 0 aliphatic carbocycles. The largest absolute Gasteiger partial charge is 0.412 e. The van der Waals surface area contributed by atoms with Crippen LogP contribution in [0, 0.1) is 23.5 Å². The van der Waals surface area contributed by atoms with Crippen molar-refractivity contribution >= 4 is 47.8 Å². The summed E-state index contributed by atoms with van der Waals surface area (Å²) in [5.41, 5.74) is 2.62. The number of carbonyl (C=O) groups excluding carboxylic acids is 2. The van der Waals surface area contributed by atoms with Crippen LogP contribution in [0.1, 0.15) is 83.7 Å². The number of nitrogens with zero attached hydrogens (tertiary/aromatic N) is 10. The second-order valence-corrected chi connectivity index (χ2v) is 18.5. The molecule has 10 rings (SSSR count). The maximum absolute atomic E-state index is 14.0. The predicted octanol–water partition coefficient (Wildman–Crippen LogP) is 3.92. The summed E-state index contributed by atoms with van der Waals surface area (Å²) in [5.74, 6) is 1.27. The predicted molar refractivity (Wildman–Crippen MR) is 263 cm³/mol. The number of rotatable bonds is 12. The lowest BCUT2D eigenvalue weighted by molar-refractivity contribution is 0.0829. The number of aromatic nitrogens is 6. The Labute approximate surface area is 413 Å². The molecule has 6 aliphatic heterocycles. The fraction of sp³-hybridized carbons (Fsp3) is 0.625. The van der Waals surface area contributed by atoms with Crippen LogP contribution >= 0.6 is 24.8 Å². The highest BCUT2D eigenvalue weighted by Gasteiger charge is 2.31. The van der Waals surface area contributed by atoms with E-state index in [0.29, 0.717) is 88.2 Å². The lowest BCUT2D eigenvalue weighted by atomic mass is 9.88. The lowest BCUT2D eigenvalue weighted by Gasteiger charge is -2.33. The number of likely N-dealkylation sites (tertiary alicyclic amines) is 2. The van der Waals surface area contributed by atoms with Crippen LogP contribution in [0.15, 0.2) is 46.0 Å². The van der Waals surface area contributed by atoms with Gasteiger partial charge in [0.1, 0.15) is 23.3 Å². The van der Waals surface area contributed by atoms with Crippen LogP contribution < -0.4 is 21.2 Å². The van der Waals surface area contributed by atoms with E-state index in [1.54, 1.807) is 21.5 Å². The second kappa shape index (κ2) is 25.1. The first-order chi connectivity index (χ1) is 32.2. The van der Waals surface area contributed by atoms with Crippen molar-refractivity contribution in [1.29, 1.82) is 0 Å². The molecule has 2 aromatic carbocycles. The van der Waals surface area contributed by atoms with Gasteiger partial charge in [0.2, 0.25) is 0 Å². The Balaban J connectivity index is 0.000000217. The van der Waals surface area contributed by atoms with Crippen molar-refractivity contribution < 1.29 is 33.3 Å². The fourth-order valence-electron chi connectivity index (χ4n) is 10.5. The van der Waals surface area contributed by atoms with E-state index in [0.717, 1.165) is 128 Å². The van der Waals surface area contributed by atoms with E-state index < -0.39 is 0 Å². The summed E-state index contributed by atoms with van der Waals surface area (Å²) in [6.45, 7) is 12.5. The average molecular weight is 1010 g/mol. The molecule has 0 atom stereocenters. The van der Waals surface area contributed by atoms with Crippen molar-refractivity contribution in [3.05, 3.63) is 91.8 Å². The number of fused-ring (bicyclic) bond motifs is 2. The summed E-state index contributed by atoms with van der Waals surface area (Å²) in [4.78, 5) is 60.5. The van der Waals surface area contributed by atoms with Gasteiger partial charge < -0.3 is 34.5 Å². The Morgan fingerprint density at radius 1 is 0.536 bits per heavy atom. The van der Waals surface area contributed by atoms with E-state index in [1.807, 2.05) is 9.13 Å². The van der Waals surface area contributed by atoms with Crippen molar-refractivity contribution in [2.45, 2.75) is 90.4 Å². The third kappa shape index (κ3) is 12.7. The number of hydrogen-bond acceptors (Lipinski definition) is 12. The number of carbonyl (C=O) groups is 2. The first-order valence-corrected chi connectivity index (χ1v) is 24.3. The fourth-order valence-corrected chi connectivity index (χ4v) is 10.5. The van der Waals surface area contributed by atoms with Crippen LogP contribution in [-0.2, 0) is 48.5 Å². The molecular formula is C48H68Cl2F2N10O7. The summed E-state index contributed by atoms with van der Waals surface area (Å²) in [5, 5.41) is 9.04. The zero-order valence-corrected chi connectivity index (χ0v) is 41.0. The molecule has 0 radical (unpaired) electrons. The van der Waals surface area contributed by atoms with Crippen molar-refractivity contribution in [2.75, 3.05) is 102 Å². The van der Waals surface area contributed by atoms with Crippen molar-refractivity contribution in [3.8, 4) is 0 Å². The van der Waals surface area contributed by atoms with E-state index in [2.05, 4.69) is 29.8 Å². The van der Waals surface area contributed by atoms with E-state index in [9.17, 15) is 28.0 Å². The molecule has 0 spiro atoms. The number of morpholine rings is 2. The molecule has 0 unspecified atom stereocenters. The van der Waals surface area contributed by atoms with Crippen LogP contribution in [-0.4, -0.2) is 147 Å². The monoisotopic (exact) mass is 1000 g/mol. The molecule has 8 heterocycles. The summed E-state index contributed by atoms with van der Waals surface area (Å²) in [6.07, 6.45) is 9.13. The molecule has 6 aliphatic rings. The smallest absolute Gasteiger partial charge is 0.345 e. The Hall–Kier alpha value is -4.50. The summed E-state index contributed by atoms with van der Waals surface area (Å²) < 4.78 is 45.6. The van der Waals surface area contributed by atoms with Crippen molar-refractivity contribution in [2.24, 2.45) is 11.8 Å². The third-order valence-corrected chi connectivity index (χ3v) is 14.4. The van der Waals surface area contributed by atoms with Gasteiger partial charge in [-0.2, -0.15) is 10.2 Å². The molecule has 2 N–H and O–H groups in total. The van der Waals surface area contributed by atoms with Crippen molar-refractivity contribution in [3.63, 3.8) is 0 Å². The van der Waals surface area contributed by atoms with Crippen LogP contribution in [0.25, 0.3) is 0 Å². The summed E-state index contributed by atoms with van der Waals surface area (Å²) in [7, 11) is 0. The average Bonchev–Trinajstić information content (AvgIpc) is 3.87. The topological polar surface area (TPSA) is 177 Å². The first kappa shape index (κ1) is 53.8. The number of ether oxygens (including phenoxy) is 2. The second-order valence-electron chi connectivity index (χ2n) is 18.5. The SMILES string of the molecule is Cl.Cl.O.O=C(c1ccc(F)cc1N1CCOCC1)C1CCN(CCn2nc3n(c2=O)CCCC3)CC1.O=C(c1ccc(F)cc1N1CCOCC1)C1CCN(CCn2nc3n(c2=O)CCCC3)CC1. The van der Waals surface area contributed by atoms with Gasteiger partial charge in [0, 0.05) is 88.2 Å². The Morgan fingerprint density at radius 3 is 1.28 bits per heavy atom. The molecular weight excluding hydrogens is 937 g/mol. The minimum atomic E-state index is -0.320. The van der Waals surface area contributed by atoms with Gasteiger partial charge in [-0.05, 0) is 114 Å². The van der Waals surface area contributed by atoms with Crippen LogP contribution in [0.2, 0.25) is 0 Å². The minimum absolute atomic E-state index is 0. The normalized spacial score (nSPS) is 19.2. The van der Waals surface area contributed by atoms with E-state index in [-0.39, 0.29) is 76.7 Å². The molecule has 21 heteroatoms. The maximum Gasteiger partial charge on any atom is 0.345 e. The molecule has 4 saturated heterocycles. The zero-order chi connectivity index (χ0) is 45.6. The Kier molecular flexibility index (Phi) is 19.6. The molecule has 4 fully saturated rings. The van der Waals surface area contributed by atoms with Gasteiger partial charge in [-0.15, -0.1) is 24.8 Å². The van der Waals surface area contributed by atoms with Gasteiger partial charge in [0.25, 0.3) is 0 Å². The molecule has 380 valence electrons. The van der Waals surface area contributed by atoms with Gasteiger partial charge >= 0.3 is 11.4 Å². The van der Waals surface area contributed by atoms with Gasteiger partial charge in [0.05, 0.1) is 50.9 Å². The molecule has 69 heavy (non-hydrogen) atoms. The third-order valence-electron chi connectivity index (χ3n) is 14.4. The number of aryl methyl sites for hydroxylation is 2. The minimum Gasteiger partial charge on any atom is -0.412 e. The summed E-state index contributed by atoms with van der Waals surface area (Å²) >= 11 is 0. The number of anilines is 2. The van der Waals surface area contributed by atoms with Crippen LogP contribution in [0.5, 0.6) is 0 Å². The molecule has 0 saturated carbocycles. The molecule has 2 aromatic heterocycles. The standard InChI is InChI=1S/2C24H32FN5O3.2ClH.H2O/c2*25-19-4-5-20(21(17-19)28-13-15-33-16-14-28)23(31)18-6-9-27(10-7-18)11-12-30-24(32)29-8-2-1-3-22(29)26-30;;;/h2*4-5,17-18H,1-3,6-16H2;2*1H;1H2. The van der Waals surface area contributed by atoms with Gasteiger partial charge in [0.15, 0.2) is 11.6 Å².